The summed E-state index contributed by atoms with van der Waals surface area (Å²) in [7, 11) is 0. The van der Waals surface area contributed by atoms with Crippen molar-refractivity contribution in [1.29, 1.82) is 0 Å². The van der Waals surface area contributed by atoms with Crippen LogP contribution in [0.5, 0.6) is 0 Å². The Labute approximate surface area is 141 Å². The van der Waals surface area contributed by atoms with Crippen molar-refractivity contribution >= 4 is 35.9 Å². The van der Waals surface area contributed by atoms with Gasteiger partial charge in [-0.1, -0.05) is 30.0 Å². The minimum atomic E-state index is -0.777. The zero-order valence-corrected chi connectivity index (χ0v) is 13.6. The second kappa shape index (κ2) is 8.82. The Morgan fingerprint density at radius 3 is 2.79 bits per heavy atom. The number of H-pyrrole nitrogens is 1. The monoisotopic (exact) mass is 350 g/mol. The van der Waals surface area contributed by atoms with Crippen LogP contribution in [0.25, 0.3) is 12.2 Å². The van der Waals surface area contributed by atoms with Gasteiger partial charge >= 0.3 is 6.09 Å². The first-order valence-corrected chi connectivity index (χ1v) is 8.01. The lowest BCUT2D eigenvalue weighted by molar-refractivity contribution is -0.117. The van der Waals surface area contributed by atoms with Gasteiger partial charge in [0, 0.05) is 0 Å². The van der Waals surface area contributed by atoms with E-state index in [2.05, 4.69) is 25.2 Å². The molecule has 0 aliphatic heterocycles. The Hall–Kier alpha value is -2.68. The van der Waals surface area contributed by atoms with Gasteiger partial charge in [0.1, 0.15) is 11.6 Å². The highest BCUT2D eigenvalue weighted by Gasteiger charge is 2.10. The summed E-state index contributed by atoms with van der Waals surface area (Å²) in [5.74, 6) is -0.316. The normalized spacial score (nSPS) is 10.8. The maximum Gasteiger partial charge on any atom is 0.413 e. The second-order valence-corrected chi connectivity index (χ2v) is 5.39. The summed E-state index contributed by atoms with van der Waals surface area (Å²) in [6, 6.07) is 6.00. The molecule has 2 rings (SSSR count). The summed E-state index contributed by atoms with van der Waals surface area (Å²) >= 11 is 1.08. The highest BCUT2D eigenvalue weighted by atomic mass is 32.2. The molecule has 0 radical (unpaired) electrons. The lowest BCUT2D eigenvalue weighted by Crippen LogP contribution is -2.32. The molecule has 0 saturated carbocycles. The van der Waals surface area contributed by atoms with Crippen molar-refractivity contribution in [2.24, 2.45) is 0 Å². The van der Waals surface area contributed by atoms with E-state index in [0.29, 0.717) is 11.0 Å². The number of carbonyl (C=O) groups is 2. The van der Waals surface area contributed by atoms with Crippen LogP contribution < -0.4 is 5.32 Å². The molecule has 0 aliphatic rings. The van der Waals surface area contributed by atoms with Gasteiger partial charge in [0.15, 0.2) is 0 Å². The summed E-state index contributed by atoms with van der Waals surface area (Å²) in [5, 5.41) is 9.10. The molecule has 2 aromatic rings. The zero-order chi connectivity index (χ0) is 17.4. The van der Waals surface area contributed by atoms with E-state index in [-0.39, 0.29) is 18.2 Å². The highest BCUT2D eigenvalue weighted by Crippen LogP contribution is 2.13. The van der Waals surface area contributed by atoms with E-state index in [9.17, 15) is 14.0 Å². The molecule has 7 nitrogen and oxygen atoms in total. The molecule has 0 bridgehead atoms. The number of nitrogens with one attached hydrogen (secondary N) is 2. The average Bonchev–Trinajstić information content (AvgIpc) is 3.00. The lowest BCUT2D eigenvalue weighted by atomic mass is 10.2. The summed E-state index contributed by atoms with van der Waals surface area (Å²) in [5.41, 5.74) is 0.816. The van der Waals surface area contributed by atoms with Crippen LogP contribution in [0.1, 0.15) is 18.3 Å². The third-order valence-electron chi connectivity index (χ3n) is 2.64. The number of nitrogens with zero attached hydrogens (tertiary/aromatic N) is 2. The van der Waals surface area contributed by atoms with E-state index in [1.54, 1.807) is 31.2 Å². The van der Waals surface area contributed by atoms with Crippen molar-refractivity contribution < 1.29 is 18.7 Å². The fourth-order valence-corrected chi connectivity index (χ4v) is 2.20. The standard InChI is InChI=1S/C15H15FN4O3S/c1-2-23-15(22)18-13(21)9-24-14-17-12(19-20-14)8-5-10-3-6-11(16)7-4-10/h3-8H,2,9H2,1H3,(H,17,19,20)(H,18,21,22)/b8-5+. The largest absolute Gasteiger partial charge is 0.450 e. The van der Waals surface area contributed by atoms with Crippen molar-refractivity contribution in [3.8, 4) is 0 Å². The third-order valence-corrected chi connectivity index (χ3v) is 3.48. The molecule has 9 heteroatoms. The molecule has 0 aliphatic carbocycles. The number of hydrogen-bond acceptors (Lipinski definition) is 6. The van der Waals surface area contributed by atoms with Gasteiger partial charge < -0.3 is 4.74 Å². The van der Waals surface area contributed by atoms with Crippen molar-refractivity contribution in [2.75, 3.05) is 12.4 Å². The van der Waals surface area contributed by atoms with Crippen molar-refractivity contribution in [3.63, 3.8) is 0 Å². The Morgan fingerprint density at radius 2 is 2.08 bits per heavy atom. The fraction of sp³-hybridized carbons (Fsp3) is 0.200. The Balaban J connectivity index is 1.83. The van der Waals surface area contributed by atoms with Crippen LogP contribution in [0.2, 0.25) is 0 Å². The molecular formula is C15H15FN4O3S. The van der Waals surface area contributed by atoms with Crippen LogP contribution in [0, 0.1) is 5.82 Å². The molecule has 126 valence electrons. The lowest BCUT2D eigenvalue weighted by Gasteiger charge is -2.02. The molecule has 0 spiro atoms. The van der Waals surface area contributed by atoms with Crippen LogP contribution in [0.3, 0.4) is 0 Å². The fourth-order valence-electron chi connectivity index (χ4n) is 1.59. The predicted octanol–water partition coefficient (Wildman–Crippen LogP) is 2.48. The predicted molar refractivity (Wildman–Crippen MR) is 87.6 cm³/mol. The minimum absolute atomic E-state index is 0.0161. The summed E-state index contributed by atoms with van der Waals surface area (Å²) in [6.07, 6.45) is 2.66. The van der Waals surface area contributed by atoms with Crippen molar-refractivity contribution in [1.82, 2.24) is 20.5 Å². The Morgan fingerprint density at radius 1 is 1.33 bits per heavy atom. The average molecular weight is 350 g/mol. The smallest absolute Gasteiger partial charge is 0.413 e. The van der Waals surface area contributed by atoms with E-state index >= 15 is 0 Å². The number of benzene rings is 1. The molecule has 2 amide bonds. The zero-order valence-electron chi connectivity index (χ0n) is 12.8. The Kier molecular flexibility index (Phi) is 6.50. The van der Waals surface area contributed by atoms with E-state index in [1.165, 1.54) is 12.1 Å². The number of thioether (sulfide) groups is 1. The number of rotatable bonds is 6. The molecule has 1 heterocycles. The number of ether oxygens (including phenoxy) is 1. The van der Waals surface area contributed by atoms with Gasteiger partial charge in [-0.05, 0) is 30.7 Å². The molecule has 1 aromatic heterocycles. The van der Waals surface area contributed by atoms with Gasteiger partial charge in [-0.25, -0.2) is 14.2 Å². The second-order valence-electron chi connectivity index (χ2n) is 4.45. The van der Waals surface area contributed by atoms with Crippen molar-refractivity contribution in [3.05, 3.63) is 41.5 Å². The molecule has 0 atom stereocenters. The van der Waals surface area contributed by atoms with Gasteiger partial charge in [0.2, 0.25) is 11.1 Å². The third kappa shape index (κ3) is 5.84. The molecule has 24 heavy (non-hydrogen) atoms. The van der Waals surface area contributed by atoms with Crippen LogP contribution >= 0.6 is 11.8 Å². The topological polar surface area (TPSA) is 97.0 Å². The van der Waals surface area contributed by atoms with Gasteiger partial charge in [-0.15, -0.1) is 5.10 Å². The number of halogens is 1. The summed E-state index contributed by atoms with van der Waals surface area (Å²) in [6.45, 7) is 1.84. The first-order chi connectivity index (χ1) is 11.6. The summed E-state index contributed by atoms with van der Waals surface area (Å²) < 4.78 is 17.4. The number of carbonyl (C=O) groups excluding carboxylic acids is 2. The molecule has 0 saturated heterocycles. The van der Waals surface area contributed by atoms with Crippen LogP contribution in [-0.4, -0.2) is 39.5 Å². The van der Waals surface area contributed by atoms with Crippen molar-refractivity contribution in [2.45, 2.75) is 12.1 Å². The first kappa shape index (κ1) is 17.7. The SMILES string of the molecule is CCOC(=O)NC(=O)CSc1n[nH]c(/C=C/c2ccc(F)cc2)n1. The molecule has 0 unspecified atom stereocenters. The number of hydrogen-bond donors (Lipinski definition) is 2. The quantitative estimate of drug-likeness (QED) is 0.777. The van der Waals surface area contributed by atoms with Gasteiger partial charge in [0.05, 0.1) is 12.4 Å². The van der Waals surface area contributed by atoms with E-state index in [0.717, 1.165) is 17.3 Å². The highest BCUT2D eigenvalue weighted by molar-refractivity contribution is 7.99. The van der Waals surface area contributed by atoms with Crippen LogP contribution in [-0.2, 0) is 9.53 Å². The number of amides is 2. The van der Waals surface area contributed by atoms with Crippen LogP contribution in [0.15, 0.2) is 29.4 Å². The van der Waals surface area contributed by atoms with E-state index in [1.807, 2.05) is 0 Å². The minimum Gasteiger partial charge on any atom is -0.450 e. The van der Waals surface area contributed by atoms with Gasteiger partial charge in [-0.3, -0.25) is 15.2 Å². The Bertz CT molecular complexity index is 731. The number of aromatic nitrogens is 3. The molecule has 2 N–H and O–H groups in total. The maximum atomic E-state index is 12.8. The van der Waals surface area contributed by atoms with E-state index < -0.39 is 12.0 Å². The summed E-state index contributed by atoms with van der Waals surface area (Å²) in [4.78, 5) is 26.7. The van der Waals surface area contributed by atoms with Crippen LogP contribution in [0.4, 0.5) is 9.18 Å². The first-order valence-electron chi connectivity index (χ1n) is 7.02. The number of imide groups is 1. The molecular weight excluding hydrogens is 335 g/mol. The van der Waals surface area contributed by atoms with Gasteiger partial charge in [-0.2, -0.15) is 0 Å². The maximum absolute atomic E-state index is 12.8. The van der Waals surface area contributed by atoms with Gasteiger partial charge in [0.25, 0.3) is 0 Å². The van der Waals surface area contributed by atoms with E-state index in [4.69, 9.17) is 0 Å². The molecule has 1 aromatic carbocycles. The number of aromatic amines is 1. The molecule has 0 fully saturated rings. The number of alkyl carbamates (subject to hydrolysis) is 1.